The van der Waals surface area contributed by atoms with Crippen molar-refractivity contribution in [2.24, 2.45) is 0 Å². The average Bonchev–Trinajstić information content (AvgIpc) is 3.17. The predicted octanol–water partition coefficient (Wildman–Crippen LogP) is 4.29. The van der Waals surface area contributed by atoms with Crippen LogP contribution in [0.15, 0.2) is 40.9 Å². The molecule has 1 fully saturated rings. The normalized spacial score (nSPS) is 16.4. The van der Waals surface area contributed by atoms with Crippen molar-refractivity contribution in [1.29, 1.82) is 0 Å². The summed E-state index contributed by atoms with van der Waals surface area (Å²) < 4.78 is 7.00. The second-order valence-electron chi connectivity index (χ2n) is 8.18. The van der Waals surface area contributed by atoms with Crippen LogP contribution in [0.5, 0.6) is 0 Å². The molecule has 0 bridgehead atoms. The molecule has 3 aliphatic rings. The van der Waals surface area contributed by atoms with Crippen molar-refractivity contribution in [3.05, 3.63) is 52.4 Å². The van der Waals surface area contributed by atoms with Crippen molar-refractivity contribution in [1.82, 2.24) is 24.7 Å². The monoisotopic (exact) mass is 517 g/mol. The minimum atomic E-state index is -0.383. The number of fused-ring (bicyclic) bond motifs is 1. The number of imidazole rings is 1. The fourth-order valence-corrected chi connectivity index (χ4v) is 3.95. The number of nitrogens with zero attached hydrogens (tertiary/aromatic N) is 4. The summed E-state index contributed by atoms with van der Waals surface area (Å²) in [6, 6.07) is 0.786. The van der Waals surface area contributed by atoms with Crippen molar-refractivity contribution in [2.45, 2.75) is 67.1 Å². The van der Waals surface area contributed by atoms with E-state index in [9.17, 15) is 9.59 Å². The van der Waals surface area contributed by atoms with Gasteiger partial charge in [0.05, 0.1) is 19.9 Å². The standard InChI is InChI=1S/C18H17ClN4O3.C6H13N.C2H6.CH4/c1-3-16(24)22-8-9-23-13(10-20-15(23)11-22)18(25)21-12-6-4-5-7-14(26-2)17(12)19;1-6(2)7-4-3-5-7;1-2;/h1,4-5,7,10H,6,8-9,11H2,2H3,(H,21,25);6H,3-5H2,1-2H3;1-2H3;1H4. The third-order valence-corrected chi connectivity index (χ3v) is 6.21. The highest BCUT2D eigenvalue weighted by Crippen LogP contribution is 2.24. The van der Waals surface area contributed by atoms with Crippen LogP contribution >= 0.6 is 11.6 Å². The number of ether oxygens (including phenoxy) is 1. The Morgan fingerprint density at radius 2 is 1.92 bits per heavy atom. The second-order valence-corrected chi connectivity index (χ2v) is 8.56. The van der Waals surface area contributed by atoms with Crippen LogP contribution in [0.25, 0.3) is 0 Å². The van der Waals surface area contributed by atoms with E-state index in [0.717, 1.165) is 6.04 Å². The van der Waals surface area contributed by atoms with Crippen molar-refractivity contribution < 1.29 is 14.3 Å². The quantitative estimate of drug-likeness (QED) is 0.603. The fourth-order valence-electron chi connectivity index (χ4n) is 3.68. The zero-order valence-corrected chi connectivity index (χ0v) is 22.1. The van der Waals surface area contributed by atoms with Gasteiger partial charge in [-0.1, -0.05) is 45.0 Å². The predicted molar refractivity (Wildman–Crippen MR) is 145 cm³/mol. The van der Waals surface area contributed by atoms with Gasteiger partial charge >= 0.3 is 0 Å². The molecule has 0 unspecified atom stereocenters. The molecule has 36 heavy (non-hydrogen) atoms. The van der Waals surface area contributed by atoms with Crippen LogP contribution in [-0.4, -0.2) is 64.0 Å². The van der Waals surface area contributed by atoms with Gasteiger partial charge in [-0.3, -0.25) is 9.59 Å². The molecule has 4 rings (SSSR count). The molecule has 9 heteroatoms. The first-order valence-corrected chi connectivity index (χ1v) is 12.4. The Kier molecular flexibility index (Phi) is 13.1. The van der Waals surface area contributed by atoms with E-state index in [1.54, 1.807) is 10.6 Å². The van der Waals surface area contributed by atoms with E-state index in [0.29, 0.717) is 47.5 Å². The number of hydrogen-bond donors (Lipinski definition) is 1. The summed E-state index contributed by atoms with van der Waals surface area (Å²) in [6.45, 7) is 12.3. The molecule has 0 saturated carbocycles. The molecule has 3 heterocycles. The topological polar surface area (TPSA) is 79.7 Å². The summed E-state index contributed by atoms with van der Waals surface area (Å²) in [6.07, 6.45) is 14.0. The molecule has 1 aliphatic carbocycles. The maximum Gasteiger partial charge on any atom is 0.298 e. The van der Waals surface area contributed by atoms with E-state index in [-0.39, 0.29) is 25.8 Å². The van der Waals surface area contributed by atoms with Crippen LogP contribution in [-0.2, 0) is 22.6 Å². The zero-order chi connectivity index (χ0) is 26.0. The van der Waals surface area contributed by atoms with Gasteiger partial charge in [0.15, 0.2) is 0 Å². The van der Waals surface area contributed by atoms with Crippen LogP contribution in [0.3, 0.4) is 0 Å². The van der Waals surface area contributed by atoms with Crippen molar-refractivity contribution in [2.75, 3.05) is 26.7 Å². The number of halogens is 1. The molecule has 0 atom stereocenters. The van der Waals surface area contributed by atoms with Crippen LogP contribution in [0.2, 0.25) is 0 Å². The maximum absolute atomic E-state index is 12.7. The Morgan fingerprint density at radius 1 is 1.22 bits per heavy atom. The van der Waals surface area contributed by atoms with E-state index in [2.05, 4.69) is 35.0 Å². The number of rotatable bonds is 4. The third kappa shape index (κ3) is 7.74. The summed E-state index contributed by atoms with van der Waals surface area (Å²) >= 11 is 6.32. The van der Waals surface area contributed by atoms with E-state index < -0.39 is 0 Å². The number of hydrogen-bond acceptors (Lipinski definition) is 5. The fraction of sp³-hybridized carbons (Fsp3) is 0.519. The molecule has 8 nitrogen and oxygen atoms in total. The van der Waals surface area contributed by atoms with Gasteiger partial charge in [-0.2, -0.15) is 0 Å². The van der Waals surface area contributed by atoms with Gasteiger partial charge in [0.1, 0.15) is 22.3 Å². The molecule has 1 N–H and O–H groups in total. The first-order valence-electron chi connectivity index (χ1n) is 12.0. The van der Waals surface area contributed by atoms with Gasteiger partial charge in [-0.05, 0) is 45.4 Å². The van der Waals surface area contributed by atoms with Crippen LogP contribution in [0.4, 0.5) is 0 Å². The van der Waals surface area contributed by atoms with Gasteiger partial charge in [0.25, 0.3) is 11.8 Å². The van der Waals surface area contributed by atoms with Crippen LogP contribution < -0.4 is 5.32 Å². The molecule has 1 saturated heterocycles. The number of terminal acetylenes is 1. The van der Waals surface area contributed by atoms with Gasteiger partial charge < -0.3 is 24.4 Å². The maximum atomic E-state index is 12.7. The number of allylic oxidation sites excluding steroid dienone is 4. The van der Waals surface area contributed by atoms with Gasteiger partial charge in [0.2, 0.25) is 0 Å². The summed E-state index contributed by atoms with van der Waals surface area (Å²) in [4.78, 5) is 32.6. The molecule has 198 valence electrons. The third-order valence-electron chi connectivity index (χ3n) is 5.80. The Hall–Kier alpha value is -3.02. The summed E-state index contributed by atoms with van der Waals surface area (Å²) in [7, 11) is 1.52. The lowest BCUT2D eigenvalue weighted by atomic mass is 10.2. The Labute approximate surface area is 221 Å². The Bertz CT molecular complexity index is 1030. The van der Waals surface area contributed by atoms with E-state index in [1.165, 1.54) is 37.7 Å². The first kappa shape index (κ1) is 31.0. The largest absolute Gasteiger partial charge is 0.495 e. The molecule has 1 aromatic rings. The highest BCUT2D eigenvalue weighted by molar-refractivity contribution is 6.32. The van der Waals surface area contributed by atoms with Crippen molar-refractivity contribution in [3.8, 4) is 12.3 Å². The molecule has 0 radical (unpaired) electrons. The molecule has 2 amide bonds. The van der Waals surface area contributed by atoms with Gasteiger partial charge in [0, 0.05) is 31.2 Å². The number of carbonyl (C=O) groups is 2. The number of amides is 2. The molecule has 0 spiro atoms. The number of carbonyl (C=O) groups excluding carboxylic acids is 2. The first-order chi connectivity index (χ1) is 16.8. The van der Waals surface area contributed by atoms with E-state index >= 15 is 0 Å². The zero-order valence-electron chi connectivity index (χ0n) is 21.3. The Balaban J connectivity index is 0.000000553. The number of likely N-dealkylation sites (tertiary alicyclic amines) is 1. The number of methoxy groups -OCH3 is 1. The molecular weight excluding hydrogens is 478 g/mol. The summed E-state index contributed by atoms with van der Waals surface area (Å²) in [5.74, 6) is 2.49. The minimum absolute atomic E-state index is 0. The van der Waals surface area contributed by atoms with Crippen molar-refractivity contribution >= 4 is 23.4 Å². The lowest BCUT2D eigenvalue weighted by Crippen LogP contribution is -2.41. The lowest BCUT2D eigenvalue weighted by Gasteiger charge is -2.34. The van der Waals surface area contributed by atoms with Crippen LogP contribution in [0.1, 0.15) is 64.3 Å². The number of nitrogens with one attached hydrogen (secondary N) is 1. The van der Waals surface area contributed by atoms with E-state index in [1.807, 2.05) is 26.0 Å². The van der Waals surface area contributed by atoms with Gasteiger partial charge in [-0.15, -0.1) is 6.42 Å². The Morgan fingerprint density at radius 3 is 2.44 bits per heavy atom. The summed E-state index contributed by atoms with van der Waals surface area (Å²) in [5.41, 5.74) is 0.954. The minimum Gasteiger partial charge on any atom is -0.495 e. The molecule has 2 aliphatic heterocycles. The highest BCUT2D eigenvalue weighted by atomic mass is 35.5. The van der Waals surface area contributed by atoms with Crippen LogP contribution in [0, 0.1) is 12.3 Å². The average molecular weight is 518 g/mol. The smallest absolute Gasteiger partial charge is 0.298 e. The lowest BCUT2D eigenvalue weighted by molar-refractivity contribution is -0.126. The molecular formula is C27H40ClN5O3. The van der Waals surface area contributed by atoms with Crippen molar-refractivity contribution in [3.63, 3.8) is 0 Å². The molecule has 0 aromatic carbocycles. The molecule has 1 aromatic heterocycles. The SMILES string of the molecule is C.C#CC(=O)N1CCn2c(C(=O)NC3=C(Cl)C(OC)=CC=CC3)cnc2C1.CC.CC(C)N1CCC1. The second kappa shape index (κ2) is 15.2. The van der Waals surface area contributed by atoms with E-state index in [4.69, 9.17) is 22.8 Å². The highest BCUT2D eigenvalue weighted by Gasteiger charge is 2.25. The van der Waals surface area contributed by atoms with Gasteiger partial charge in [-0.25, -0.2) is 4.98 Å². The summed E-state index contributed by atoms with van der Waals surface area (Å²) in [5, 5.41) is 3.19. The number of aromatic nitrogens is 2.